The molecule has 152 valence electrons. The van der Waals surface area contributed by atoms with Crippen LogP contribution in [0.5, 0.6) is 0 Å². The summed E-state index contributed by atoms with van der Waals surface area (Å²) < 4.78 is 16.1. The molecule has 1 amide bonds. The number of imidazole rings is 1. The van der Waals surface area contributed by atoms with Crippen molar-refractivity contribution in [3.05, 3.63) is 63.6 Å². The van der Waals surface area contributed by atoms with Gasteiger partial charge in [-0.2, -0.15) is 0 Å². The van der Waals surface area contributed by atoms with Gasteiger partial charge in [0.1, 0.15) is 17.7 Å². The van der Waals surface area contributed by atoms with Crippen LogP contribution in [-0.2, 0) is 11.2 Å². The molecule has 8 heteroatoms. The van der Waals surface area contributed by atoms with E-state index >= 15 is 0 Å². The van der Waals surface area contributed by atoms with Gasteiger partial charge in [-0.15, -0.1) is 0 Å². The number of hydrazine groups is 1. The summed E-state index contributed by atoms with van der Waals surface area (Å²) in [7, 11) is 0. The van der Waals surface area contributed by atoms with Gasteiger partial charge in [0.25, 0.3) is 5.91 Å². The molecule has 0 saturated carbocycles. The first kappa shape index (κ1) is 20.1. The molecule has 1 aromatic heterocycles. The van der Waals surface area contributed by atoms with E-state index in [4.69, 9.17) is 23.2 Å². The molecule has 2 aromatic carbocycles. The highest BCUT2D eigenvalue weighted by Crippen LogP contribution is 2.31. The highest BCUT2D eigenvalue weighted by Gasteiger charge is 2.25. The van der Waals surface area contributed by atoms with Crippen molar-refractivity contribution < 1.29 is 9.18 Å². The Hall–Kier alpha value is -2.15. The number of halogens is 3. The lowest BCUT2D eigenvalue weighted by molar-refractivity contribution is -0.128. The van der Waals surface area contributed by atoms with E-state index in [1.165, 1.54) is 6.07 Å². The van der Waals surface area contributed by atoms with Crippen LogP contribution in [0.1, 0.15) is 37.2 Å². The Morgan fingerprint density at radius 2 is 1.90 bits per heavy atom. The van der Waals surface area contributed by atoms with E-state index in [9.17, 15) is 9.18 Å². The third-order valence-electron chi connectivity index (χ3n) is 5.25. The minimum atomic E-state index is -0.556. The van der Waals surface area contributed by atoms with Crippen LogP contribution < -0.4 is 5.43 Å². The normalized spacial score (nSPS) is 15.7. The third-order valence-corrected chi connectivity index (χ3v) is 5.97. The van der Waals surface area contributed by atoms with Gasteiger partial charge in [0, 0.05) is 19.5 Å². The number of fused-ring (bicyclic) bond motifs is 1. The molecule has 2 heterocycles. The molecule has 4 rings (SSSR count). The minimum Gasteiger partial charge on any atom is -0.315 e. The van der Waals surface area contributed by atoms with Crippen LogP contribution in [0.25, 0.3) is 11.0 Å². The Balaban J connectivity index is 1.75. The largest absolute Gasteiger partial charge is 0.315 e. The minimum absolute atomic E-state index is 0.146. The fraction of sp³-hybridized carbons (Fsp3) is 0.333. The average Bonchev–Trinajstić information content (AvgIpc) is 3.31. The smallest absolute Gasteiger partial charge is 0.257 e. The van der Waals surface area contributed by atoms with Gasteiger partial charge < -0.3 is 4.57 Å². The molecule has 1 fully saturated rings. The summed E-state index contributed by atoms with van der Waals surface area (Å²) in [6.07, 6.45) is 2.38. The number of carbonyl (C=O) groups excluding carboxylic acids is 1. The molecule has 0 bridgehead atoms. The molecule has 0 unspecified atom stereocenters. The molecular formula is C21H21Cl2FN4O. The number of rotatable bonds is 5. The molecule has 1 aliphatic rings. The molecule has 0 aliphatic carbocycles. The molecule has 0 radical (unpaired) electrons. The number of nitrogens with one attached hydrogen (secondary N) is 1. The maximum Gasteiger partial charge on any atom is 0.257 e. The second kappa shape index (κ2) is 8.30. The van der Waals surface area contributed by atoms with Crippen LogP contribution in [-0.4, -0.2) is 33.6 Å². The molecule has 1 saturated heterocycles. The van der Waals surface area contributed by atoms with Gasteiger partial charge in [-0.25, -0.2) is 14.4 Å². The van der Waals surface area contributed by atoms with Crippen molar-refractivity contribution in [1.29, 1.82) is 0 Å². The van der Waals surface area contributed by atoms with Crippen LogP contribution in [0.3, 0.4) is 0 Å². The summed E-state index contributed by atoms with van der Waals surface area (Å²) in [5, 5.41) is 2.69. The summed E-state index contributed by atoms with van der Waals surface area (Å²) in [5.74, 6) is 0.121. The number of hydrogen-bond acceptors (Lipinski definition) is 3. The van der Waals surface area contributed by atoms with Gasteiger partial charge in [-0.05, 0) is 43.5 Å². The fourth-order valence-electron chi connectivity index (χ4n) is 3.70. The summed E-state index contributed by atoms with van der Waals surface area (Å²) in [4.78, 5) is 17.6. The molecule has 29 heavy (non-hydrogen) atoms. The number of nitrogens with zero attached hydrogens (tertiary/aromatic N) is 3. The molecule has 0 spiro atoms. The second-order valence-electron chi connectivity index (χ2n) is 7.27. The SMILES string of the molecule is C[C@H](C(=O)NN1CCCC1)n1c(Cc2ccccc2F)nc2cc(Cl)c(Cl)cc21. The van der Waals surface area contributed by atoms with Gasteiger partial charge in [-0.3, -0.25) is 10.2 Å². The van der Waals surface area contributed by atoms with Crippen molar-refractivity contribution in [3.63, 3.8) is 0 Å². The maximum absolute atomic E-state index is 14.3. The Morgan fingerprint density at radius 1 is 1.21 bits per heavy atom. The number of hydrogen-bond donors (Lipinski definition) is 1. The van der Waals surface area contributed by atoms with E-state index in [0.29, 0.717) is 32.5 Å². The number of carbonyl (C=O) groups is 1. The second-order valence-corrected chi connectivity index (χ2v) is 8.08. The van der Waals surface area contributed by atoms with Gasteiger partial charge in [0.05, 0.1) is 21.1 Å². The van der Waals surface area contributed by atoms with Crippen molar-refractivity contribution in [3.8, 4) is 0 Å². The zero-order chi connectivity index (χ0) is 20.5. The Morgan fingerprint density at radius 3 is 2.62 bits per heavy atom. The molecule has 3 aromatic rings. The van der Waals surface area contributed by atoms with Crippen LogP contribution in [0.15, 0.2) is 36.4 Å². The molecule has 1 N–H and O–H groups in total. The lowest BCUT2D eigenvalue weighted by Gasteiger charge is -2.22. The van der Waals surface area contributed by atoms with Gasteiger partial charge >= 0.3 is 0 Å². The van der Waals surface area contributed by atoms with Crippen molar-refractivity contribution >= 4 is 40.1 Å². The predicted molar refractivity (Wildman–Crippen MR) is 113 cm³/mol. The summed E-state index contributed by atoms with van der Waals surface area (Å²) >= 11 is 12.4. The summed E-state index contributed by atoms with van der Waals surface area (Å²) in [5.41, 5.74) is 4.79. The standard InChI is InChI=1S/C21H21Cl2FN4O/c1-13(21(29)26-27-8-4-5-9-27)28-19-12-16(23)15(22)11-18(19)25-20(28)10-14-6-2-3-7-17(14)24/h2-3,6-7,11-13H,4-5,8-10H2,1H3,(H,26,29)/t13-/m1/s1. The van der Waals surface area contributed by atoms with E-state index in [2.05, 4.69) is 10.4 Å². The molecule has 1 aliphatic heterocycles. The van der Waals surface area contributed by atoms with E-state index in [1.54, 1.807) is 37.3 Å². The Bertz CT molecular complexity index is 1060. The highest BCUT2D eigenvalue weighted by molar-refractivity contribution is 6.42. The van der Waals surface area contributed by atoms with Crippen molar-refractivity contribution in [2.24, 2.45) is 0 Å². The van der Waals surface area contributed by atoms with E-state index < -0.39 is 6.04 Å². The fourth-order valence-corrected chi connectivity index (χ4v) is 4.02. The number of amides is 1. The van der Waals surface area contributed by atoms with Crippen LogP contribution >= 0.6 is 23.2 Å². The first-order chi connectivity index (χ1) is 13.9. The third kappa shape index (κ3) is 4.10. The van der Waals surface area contributed by atoms with E-state index in [0.717, 1.165) is 25.9 Å². The van der Waals surface area contributed by atoms with Gasteiger partial charge in [-0.1, -0.05) is 41.4 Å². The van der Waals surface area contributed by atoms with E-state index in [1.807, 2.05) is 9.58 Å². The van der Waals surface area contributed by atoms with Crippen molar-refractivity contribution in [1.82, 2.24) is 20.0 Å². The maximum atomic E-state index is 14.3. The average molecular weight is 435 g/mol. The number of benzene rings is 2. The number of aromatic nitrogens is 2. The Labute approximate surface area is 178 Å². The lowest BCUT2D eigenvalue weighted by Crippen LogP contribution is -2.43. The molecular weight excluding hydrogens is 414 g/mol. The van der Waals surface area contributed by atoms with Crippen molar-refractivity contribution in [2.75, 3.05) is 13.1 Å². The zero-order valence-electron chi connectivity index (χ0n) is 16.0. The Kier molecular flexibility index (Phi) is 5.76. The van der Waals surface area contributed by atoms with Crippen LogP contribution in [0.4, 0.5) is 4.39 Å². The predicted octanol–water partition coefficient (Wildman–Crippen LogP) is 4.76. The highest BCUT2D eigenvalue weighted by atomic mass is 35.5. The van der Waals surface area contributed by atoms with Crippen LogP contribution in [0.2, 0.25) is 10.0 Å². The van der Waals surface area contributed by atoms with Gasteiger partial charge in [0.15, 0.2) is 0 Å². The molecule has 1 atom stereocenters. The molecule has 5 nitrogen and oxygen atoms in total. The lowest BCUT2D eigenvalue weighted by atomic mass is 10.1. The summed E-state index contributed by atoms with van der Waals surface area (Å²) in [6.45, 7) is 3.49. The summed E-state index contributed by atoms with van der Waals surface area (Å²) in [6, 6.07) is 9.38. The van der Waals surface area contributed by atoms with Gasteiger partial charge in [0.2, 0.25) is 0 Å². The monoisotopic (exact) mass is 434 g/mol. The zero-order valence-corrected chi connectivity index (χ0v) is 17.5. The first-order valence-corrected chi connectivity index (χ1v) is 10.3. The van der Waals surface area contributed by atoms with E-state index in [-0.39, 0.29) is 18.1 Å². The van der Waals surface area contributed by atoms with Crippen molar-refractivity contribution in [2.45, 2.75) is 32.2 Å². The van der Waals surface area contributed by atoms with Crippen LogP contribution in [0, 0.1) is 5.82 Å². The first-order valence-electron chi connectivity index (χ1n) is 9.58. The topological polar surface area (TPSA) is 50.2 Å². The quantitative estimate of drug-likeness (QED) is 0.629.